The van der Waals surface area contributed by atoms with Gasteiger partial charge >= 0.3 is 0 Å². The standard InChI is InChI=1S/C2H8IPS/c1-5(2,3)4/h4-5H,1-2H3. The van der Waals surface area contributed by atoms with E-state index in [1.165, 1.54) is 0 Å². The van der Waals surface area contributed by atoms with Crippen LogP contribution in [0.3, 0.4) is 0 Å². The molecule has 5 heavy (non-hydrogen) atoms. The molecule has 0 atom stereocenters. The van der Waals surface area contributed by atoms with Gasteiger partial charge in [0.05, 0.1) is 0 Å². The van der Waals surface area contributed by atoms with Gasteiger partial charge in [-0.1, -0.05) is 0 Å². The molecule has 0 unspecified atom stereocenters. The van der Waals surface area contributed by atoms with Gasteiger partial charge in [0.2, 0.25) is 0 Å². The Hall–Kier alpha value is 1.38. The third kappa shape index (κ3) is 32.3. The molecule has 0 saturated heterocycles. The van der Waals surface area contributed by atoms with Gasteiger partial charge in [-0.15, -0.1) is 8.02 Å². The van der Waals surface area contributed by atoms with Crippen LogP contribution in [0.15, 0.2) is 0 Å². The molecule has 0 spiro atoms. The fourth-order valence-electron chi connectivity index (χ4n) is 0. The van der Waals surface area contributed by atoms with E-state index in [1.807, 2.05) is 0 Å². The molecule has 0 amide bonds. The summed E-state index contributed by atoms with van der Waals surface area (Å²) >= 11 is 2.40. The van der Waals surface area contributed by atoms with Crippen LogP contribution in [-0.2, 0) is 6.38 Å². The molecular weight excluding hydrogens is 214 g/mol. The van der Waals surface area contributed by atoms with Gasteiger partial charge < -0.3 is 0 Å². The zero-order valence-electron chi connectivity index (χ0n) is 3.33. The molecule has 0 bridgehead atoms. The maximum absolute atomic E-state index is 3.52. The van der Waals surface area contributed by atoms with Crippen molar-refractivity contribution in [1.82, 2.24) is 0 Å². The van der Waals surface area contributed by atoms with Gasteiger partial charge in [0, 0.05) is 0 Å². The summed E-state index contributed by atoms with van der Waals surface area (Å²) < 4.78 is 0. The second-order valence-electron chi connectivity index (χ2n) is 1.32. The molecule has 3 heteroatoms. The SMILES string of the molecule is C[SH](C)(=P)I. The number of hydrogen-bond acceptors (Lipinski definition) is 0. The Morgan fingerprint density at radius 2 is 1.60 bits per heavy atom. The molecule has 0 rings (SSSR count). The van der Waals surface area contributed by atoms with E-state index < -0.39 is 6.38 Å². The Kier molecular flexibility index (Phi) is 2.42. The highest BCUT2D eigenvalue weighted by atomic mass is 127. The molecule has 0 fully saturated rings. The minimum atomic E-state index is -0.613. The first-order chi connectivity index (χ1) is 2.00. The summed E-state index contributed by atoms with van der Waals surface area (Å²) in [6.45, 7) is 0. The van der Waals surface area contributed by atoms with Crippen molar-refractivity contribution in [1.29, 1.82) is 0 Å². The Morgan fingerprint density at radius 1 is 1.60 bits per heavy atom. The van der Waals surface area contributed by atoms with Crippen molar-refractivity contribution in [3.05, 3.63) is 0 Å². The highest BCUT2D eigenvalue weighted by molar-refractivity contribution is 14.2. The van der Waals surface area contributed by atoms with Crippen LogP contribution < -0.4 is 0 Å². The minimum absolute atomic E-state index is 0.613. The average molecular weight is 222 g/mol. The smallest absolute Gasteiger partial charge is 0.0292 e. The van der Waals surface area contributed by atoms with Crippen molar-refractivity contribution in [3.8, 4) is 0 Å². The molecule has 0 N–H and O–H groups in total. The van der Waals surface area contributed by atoms with Gasteiger partial charge in [-0.05, 0) is 33.7 Å². The van der Waals surface area contributed by atoms with E-state index in [0.717, 1.165) is 0 Å². The molecule has 34 valence electrons. The topological polar surface area (TPSA) is 0 Å². The van der Waals surface area contributed by atoms with Gasteiger partial charge in [0.15, 0.2) is 0 Å². The zero-order chi connectivity index (χ0) is 4.50. The minimum Gasteiger partial charge on any atom is -0.198 e. The predicted octanol–water partition coefficient (Wildman–Crippen LogP) is 1.54. The lowest BCUT2D eigenvalue weighted by atomic mass is 11.9. The van der Waals surface area contributed by atoms with Gasteiger partial charge in [0.25, 0.3) is 0 Å². The summed E-state index contributed by atoms with van der Waals surface area (Å²) in [4.78, 5) is 0. The van der Waals surface area contributed by atoms with Crippen molar-refractivity contribution in [2.75, 3.05) is 12.5 Å². The lowest BCUT2D eigenvalue weighted by Crippen LogP contribution is -1.81. The molecule has 0 aromatic heterocycles. The molecule has 0 heterocycles. The van der Waals surface area contributed by atoms with Crippen molar-refractivity contribution in [2.45, 2.75) is 0 Å². The van der Waals surface area contributed by atoms with Crippen LogP contribution in [0.5, 0.6) is 0 Å². The first-order valence-corrected chi connectivity index (χ1v) is 8.10. The van der Waals surface area contributed by atoms with Gasteiger partial charge in [-0.25, -0.2) is 0 Å². The fourth-order valence-corrected chi connectivity index (χ4v) is 0. The summed E-state index contributed by atoms with van der Waals surface area (Å²) in [5.74, 6) is 0. The largest absolute Gasteiger partial charge is 0.198 e. The predicted molar refractivity (Wildman–Crippen MR) is 42.9 cm³/mol. The van der Waals surface area contributed by atoms with Crippen LogP contribution in [0.2, 0.25) is 0 Å². The molecule has 0 aromatic carbocycles. The van der Waals surface area contributed by atoms with E-state index in [2.05, 4.69) is 41.7 Å². The summed E-state index contributed by atoms with van der Waals surface area (Å²) in [6, 6.07) is 0. The monoisotopic (exact) mass is 222 g/mol. The quantitative estimate of drug-likeness (QED) is 0.358. The van der Waals surface area contributed by atoms with E-state index in [0.29, 0.717) is 0 Å². The summed E-state index contributed by atoms with van der Waals surface area (Å²) in [5.41, 5.74) is 0. The van der Waals surface area contributed by atoms with Crippen LogP contribution in [-0.4, -0.2) is 12.5 Å². The van der Waals surface area contributed by atoms with Crippen LogP contribution in [0.4, 0.5) is 0 Å². The fraction of sp³-hybridized carbons (Fsp3) is 1.00. The summed E-state index contributed by atoms with van der Waals surface area (Å²) in [6.07, 6.45) is 3.78. The van der Waals surface area contributed by atoms with E-state index in [4.69, 9.17) is 0 Å². The average Bonchev–Trinajstić information content (AvgIpc) is 0.722. The summed E-state index contributed by atoms with van der Waals surface area (Å²) in [5, 5.41) is 0. The zero-order valence-corrected chi connectivity index (χ0v) is 7.38. The molecule has 0 aliphatic rings. The third-order valence-corrected chi connectivity index (χ3v) is 0. The van der Waals surface area contributed by atoms with Gasteiger partial charge in [-0.3, -0.25) is 0 Å². The van der Waals surface area contributed by atoms with Gasteiger partial charge in [0.1, 0.15) is 0 Å². The van der Waals surface area contributed by atoms with Crippen molar-refractivity contribution in [3.63, 3.8) is 0 Å². The maximum Gasteiger partial charge on any atom is -0.0292 e. The molecule has 0 aromatic rings. The maximum atomic E-state index is 3.52. The highest BCUT2D eigenvalue weighted by Gasteiger charge is 1.76. The Morgan fingerprint density at radius 3 is 1.60 bits per heavy atom. The Bertz CT molecular complexity index is 55.8. The normalized spacial score (nSPS) is 15.0. The van der Waals surface area contributed by atoms with E-state index in [9.17, 15) is 0 Å². The van der Waals surface area contributed by atoms with Crippen LogP contribution in [0, 0.1) is 0 Å². The molecule has 0 nitrogen and oxygen atoms in total. The number of rotatable bonds is 0. The lowest BCUT2D eigenvalue weighted by molar-refractivity contribution is 2.34. The summed E-state index contributed by atoms with van der Waals surface area (Å²) in [7, 11) is 3.52. The molecule has 0 radical (unpaired) electrons. The van der Waals surface area contributed by atoms with Crippen LogP contribution in [0.1, 0.15) is 0 Å². The number of halogens is 1. The molecule has 0 saturated carbocycles. The van der Waals surface area contributed by atoms with E-state index >= 15 is 0 Å². The van der Waals surface area contributed by atoms with Crippen LogP contribution >= 0.6 is 29.2 Å². The highest BCUT2D eigenvalue weighted by Crippen LogP contribution is 2.10. The lowest BCUT2D eigenvalue weighted by Gasteiger charge is -1.99. The third-order valence-electron chi connectivity index (χ3n) is 0. The van der Waals surface area contributed by atoms with E-state index in [1.54, 1.807) is 0 Å². The van der Waals surface area contributed by atoms with Gasteiger partial charge in [-0.2, -0.15) is 6.38 Å². The second-order valence-corrected chi connectivity index (χ2v) is 17.3. The van der Waals surface area contributed by atoms with Crippen molar-refractivity contribution in [2.24, 2.45) is 0 Å². The molecular formula is C2H8IPS. The first-order valence-electron chi connectivity index (χ1n) is 1.29. The Labute approximate surface area is 48.1 Å². The molecule has 0 aliphatic carbocycles. The van der Waals surface area contributed by atoms with Crippen molar-refractivity contribution >= 4 is 35.6 Å². The number of thiol groups is 1. The van der Waals surface area contributed by atoms with E-state index in [-0.39, 0.29) is 0 Å². The van der Waals surface area contributed by atoms with Crippen LogP contribution in [0.25, 0.3) is 0 Å². The van der Waals surface area contributed by atoms with Crippen molar-refractivity contribution < 1.29 is 0 Å². The molecule has 0 aliphatic heterocycles. The number of hydrogen-bond donors (Lipinski definition) is 1. The first kappa shape index (κ1) is 6.38. The Balaban J connectivity index is 3.47. The second kappa shape index (κ2) is 1.90.